The molecule has 0 atom stereocenters. The van der Waals surface area contributed by atoms with Gasteiger partial charge in [0, 0.05) is 22.6 Å². The third kappa shape index (κ3) is 4.27. The molecule has 0 fully saturated rings. The van der Waals surface area contributed by atoms with Gasteiger partial charge in [-0.05, 0) is 29.8 Å². The summed E-state index contributed by atoms with van der Waals surface area (Å²) in [6.07, 6.45) is 0.427. The monoisotopic (exact) mass is 458 g/mol. The SMILES string of the molecule is NS(=O)(=O)c1ccccc1-c1nc(Cc2ccccc2)oc1-c1ccc(Cl)cc1Cl. The van der Waals surface area contributed by atoms with Gasteiger partial charge in [0.05, 0.1) is 9.92 Å². The maximum atomic E-state index is 12.2. The Labute approximate surface area is 184 Å². The molecular weight excluding hydrogens is 443 g/mol. The van der Waals surface area contributed by atoms with E-state index in [1.807, 2.05) is 30.3 Å². The van der Waals surface area contributed by atoms with Gasteiger partial charge in [0.1, 0.15) is 5.69 Å². The molecular formula is C22H16Cl2N2O3S. The Balaban J connectivity index is 1.93. The highest BCUT2D eigenvalue weighted by Crippen LogP contribution is 2.39. The largest absolute Gasteiger partial charge is 0.440 e. The van der Waals surface area contributed by atoms with Crippen LogP contribution in [0, 0.1) is 0 Å². The summed E-state index contributed by atoms with van der Waals surface area (Å²) in [5.41, 5.74) is 2.23. The van der Waals surface area contributed by atoms with Crippen LogP contribution in [0.5, 0.6) is 0 Å². The van der Waals surface area contributed by atoms with Crippen LogP contribution in [0.4, 0.5) is 0 Å². The zero-order valence-electron chi connectivity index (χ0n) is 15.5. The average molecular weight is 459 g/mol. The van der Waals surface area contributed by atoms with Crippen molar-refractivity contribution in [2.24, 2.45) is 5.14 Å². The predicted molar refractivity (Wildman–Crippen MR) is 118 cm³/mol. The van der Waals surface area contributed by atoms with Crippen LogP contribution in [0.2, 0.25) is 10.0 Å². The van der Waals surface area contributed by atoms with Crippen molar-refractivity contribution in [3.05, 3.63) is 94.3 Å². The van der Waals surface area contributed by atoms with Gasteiger partial charge in [-0.15, -0.1) is 0 Å². The molecule has 4 rings (SSSR count). The van der Waals surface area contributed by atoms with Crippen LogP contribution in [0.15, 0.2) is 82.1 Å². The second kappa shape index (κ2) is 8.24. The van der Waals surface area contributed by atoms with Gasteiger partial charge in [-0.25, -0.2) is 18.5 Å². The van der Waals surface area contributed by atoms with Crippen LogP contribution in [0.25, 0.3) is 22.6 Å². The van der Waals surface area contributed by atoms with E-state index >= 15 is 0 Å². The number of hydrogen-bond acceptors (Lipinski definition) is 4. The minimum Gasteiger partial charge on any atom is -0.440 e. The molecule has 0 saturated carbocycles. The van der Waals surface area contributed by atoms with E-state index in [0.29, 0.717) is 44.9 Å². The van der Waals surface area contributed by atoms with Gasteiger partial charge >= 0.3 is 0 Å². The van der Waals surface area contributed by atoms with Crippen molar-refractivity contribution in [2.45, 2.75) is 11.3 Å². The van der Waals surface area contributed by atoms with Gasteiger partial charge in [-0.3, -0.25) is 0 Å². The molecule has 0 aliphatic heterocycles. The zero-order valence-corrected chi connectivity index (χ0v) is 17.9. The van der Waals surface area contributed by atoms with E-state index in [4.69, 9.17) is 32.8 Å². The fourth-order valence-electron chi connectivity index (χ4n) is 3.16. The first-order chi connectivity index (χ1) is 14.3. The summed E-state index contributed by atoms with van der Waals surface area (Å²) in [5.74, 6) is 0.764. The van der Waals surface area contributed by atoms with Crippen LogP contribution in [0.1, 0.15) is 11.5 Å². The van der Waals surface area contributed by atoms with Crippen LogP contribution in [-0.2, 0) is 16.4 Å². The van der Waals surface area contributed by atoms with Crippen LogP contribution in [0.3, 0.4) is 0 Å². The predicted octanol–water partition coefficient (Wildman–Crippen LogP) is 5.55. The Morgan fingerprint density at radius 2 is 1.60 bits per heavy atom. The lowest BCUT2D eigenvalue weighted by atomic mass is 10.1. The molecule has 3 aromatic carbocycles. The second-order valence-corrected chi connectivity index (χ2v) is 8.99. The highest BCUT2D eigenvalue weighted by Gasteiger charge is 2.24. The topological polar surface area (TPSA) is 86.2 Å². The summed E-state index contributed by atoms with van der Waals surface area (Å²) in [5, 5.41) is 6.27. The van der Waals surface area contributed by atoms with Crippen molar-refractivity contribution in [3.63, 3.8) is 0 Å². The number of nitrogens with zero attached hydrogens (tertiary/aromatic N) is 1. The van der Waals surface area contributed by atoms with E-state index < -0.39 is 10.0 Å². The fourth-order valence-corrected chi connectivity index (χ4v) is 4.39. The molecule has 2 N–H and O–H groups in total. The normalized spacial score (nSPS) is 11.6. The number of oxazole rings is 1. The van der Waals surface area contributed by atoms with Crippen LogP contribution in [-0.4, -0.2) is 13.4 Å². The lowest BCUT2D eigenvalue weighted by molar-refractivity contribution is 0.519. The number of sulfonamides is 1. The molecule has 0 radical (unpaired) electrons. The second-order valence-electron chi connectivity index (χ2n) is 6.61. The first-order valence-electron chi connectivity index (χ1n) is 8.94. The molecule has 0 unspecified atom stereocenters. The van der Waals surface area contributed by atoms with Crippen LogP contribution >= 0.6 is 23.2 Å². The average Bonchev–Trinajstić information content (AvgIpc) is 3.11. The van der Waals surface area contributed by atoms with E-state index in [-0.39, 0.29) is 4.90 Å². The van der Waals surface area contributed by atoms with Crippen molar-refractivity contribution in [3.8, 4) is 22.6 Å². The Morgan fingerprint density at radius 1 is 0.900 bits per heavy atom. The molecule has 1 heterocycles. The van der Waals surface area contributed by atoms with Gasteiger partial charge in [-0.1, -0.05) is 71.7 Å². The van der Waals surface area contributed by atoms with Crippen molar-refractivity contribution in [1.82, 2.24) is 4.98 Å². The summed E-state index contributed by atoms with van der Waals surface area (Å²) >= 11 is 12.4. The quantitative estimate of drug-likeness (QED) is 0.424. The maximum Gasteiger partial charge on any atom is 0.238 e. The molecule has 0 spiro atoms. The summed E-state index contributed by atoms with van der Waals surface area (Å²) < 4.78 is 30.4. The minimum atomic E-state index is -3.98. The number of primary sulfonamides is 1. The summed E-state index contributed by atoms with van der Waals surface area (Å²) in [6, 6.07) is 21.0. The number of hydrogen-bond donors (Lipinski definition) is 1. The highest BCUT2D eigenvalue weighted by molar-refractivity contribution is 7.89. The lowest BCUT2D eigenvalue weighted by Gasteiger charge is -2.08. The molecule has 0 amide bonds. The minimum absolute atomic E-state index is 0.0455. The first kappa shape index (κ1) is 20.6. The molecule has 0 saturated heterocycles. The summed E-state index contributed by atoms with van der Waals surface area (Å²) in [6.45, 7) is 0. The van der Waals surface area contributed by atoms with Crippen molar-refractivity contribution in [1.29, 1.82) is 0 Å². The molecule has 1 aromatic heterocycles. The Hall–Kier alpha value is -2.64. The third-order valence-electron chi connectivity index (χ3n) is 4.49. The van der Waals surface area contributed by atoms with E-state index in [9.17, 15) is 8.42 Å². The standard InChI is InChI=1S/C22H16Cl2N2O3S/c23-15-10-11-16(18(24)13-15)22-21(17-8-4-5-9-19(17)30(25,27)28)26-20(29-22)12-14-6-2-1-3-7-14/h1-11,13H,12H2,(H2,25,27,28). The van der Waals surface area contributed by atoms with E-state index in [0.717, 1.165) is 5.56 Å². The summed E-state index contributed by atoms with van der Waals surface area (Å²) in [7, 11) is -3.98. The van der Waals surface area contributed by atoms with Gasteiger partial charge in [0.2, 0.25) is 10.0 Å². The van der Waals surface area contributed by atoms with Crippen molar-refractivity contribution < 1.29 is 12.8 Å². The van der Waals surface area contributed by atoms with Gasteiger partial charge < -0.3 is 4.42 Å². The fraction of sp³-hybridized carbons (Fsp3) is 0.0455. The molecule has 8 heteroatoms. The van der Waals surface area contributed by atoms with Gasteiger partial charge in [0.25, 0.3) is 0 Å². The number of halogens is 2. The molecule has 0 aliphatic carbocycles. The Bertz CT molecular complexity index is 1320. The molecule has 0 bridgehead atoms. The Kier molecular flexibility index (Phi) is 5.66. The van der Waals surface area contributed by atoms with Crippen molar-refractivity contribution in [2.75, 3.05) is 0 Å². The highest BCUT2D eigenvalue weighted by atomic mass is 35.5. The number of rotatable bonds is 5. The van der Waals surface area contributed by atoms with E-state index in [1.165, 1.54) is 6.07 Å². The molecule has 152 valence electrons. The number of aromatic nitrogens is 1. The van der Waals surface area contributed by atoms with Gasteiger partial charge in [0.15, 0.2) is 11.7 Å². The zero-order chi connectivity index (χ0) is 21.3. The lowest BCUT2D eigenvalue weighted by Crippen LogP contribution is -2.13. The molecule has 5 nitrogen and oxygen atoms in total. The molecule has 30 heavy (non-hydrogen) atoms. The van der Waals surface area contributed by atoms with Gasteiger partial charge in [-0.2, -0.15) is 0 Å². The number of benzene rings is 3. The van der Waals surface area contributed by atoms with Crippen LogP contribution < -0.4 is 5.14 Å². The maximum absolute atomic E-state index is 12.2. The van der Waals surface area contributed by atoms with Crippen molar-refractivity contribution >= 4 is 33.2 Å². The number of nitrogens with two attached hydrogens (primary N) is 1. The first-order valence-corrected chi connectivity index (χ1v) is 11.2. The third-order valence-corrected chi connectivity index (χ3v) is 6.01. The Morgan fingerprint density at radius 3 is 2.30 bits per heavy atom. The summed E-state index contributed by atoms with van der Waals surface area (Å²) in [4.78, 5) is 4.57. The molecule has 0 aliphatic rings. The van der Waals surface area contributed by atoms with E-state index in [2.05, 4.69) is 4.98 Å². The smallest absolute Gasteiger partial charge is 0.238 e. The molecule has 4 aromatic rings. The van der Waals surface area contributed by atoms with E-state index in [1.54, 1.807) is 36.4 Å².